The van der Waals surface area contributed by atoms with Crippen LogP contribution < -0.4 is 5.32 Å². The highest BCUT2D eigenvalue weighted by molar-refractivity contribution is 5.94. The average molecular weight is 264 g/mol. The van der Waals surface area contributed by atoms with Crippen molar-refractivity contribution in [3.8, 4) is 0 Å². The van der Waals surface area contributed by atoms with Gasteiger partial charge in [0.1, 0.15) is 5.82 Å². The molecule has 0 radical (unpaired) electrons. The fourth-order valence-corrected chi connectivity index (χ4v) is 2.39. The maximum absolute atomic E-state index is 12.7. The molecule has 0 unspecified atom stereocenters. The van der Waals surface area contributed by atoms with Gasteiger partial charge in [-0.25, -0.2) is 4.39 Å². The van der Waals surface area contributed by atoms with Gasteiger partial charge in [-0.15, -0.1) is 0 Å². The fraction of sp³-hybridized carbons (Fsp3) is 0.533. The predicted octanol–water partition coefficient (Wildman–Crippen LogP) is 2.43. The number of amides is 1. The van der Waals surface area contributed by atoms with Crippen LogP contribution in [0, 0.1) is 5.82 Å². The summed E-state index contributed by atoms with van der Waals surface area (Å²) >= 11 is 0. The standard InChI is InChI=1S/C15H21FN2O/c16-14-7-5-13(6-8-14)15(19)17-9-4-12-18-10-2-1-3-11-18/h5-8H,1-4,9-12H2,(H,17,19). The van der Waals surface area contributed by atoms with Gasteiger partial charge in [-0.3, -0.25) is 4.79 Å². The lowest BCUT2D eigenvalue weighted by Crippen LogP contribution is -2.33. The molecule has 1 aromatic rings. The van der Waals surface area contributed by atoms with E-state index in [-0.39, 0.29) is 11.7 Å². The summed E-state index contributed by atoms with van der Waals surface area (Å²) in [5.74, 6) is -0.444. The number of piperidine rings is 1. The topological polar surface area (TPSA) is 32.3 Å². The molecule has 104 valence electrons. The second kappa shape index (κ2) is 7.24. The first kappa shape index (κ1) is 14.0. The second-order valence-corrected chi connectivity index (χ2v) is 5.02. The lowest BCUT2D eigenvalue weighted by Gasteiger charge is -2.26. The molecule has 1 N–H and O–H groups in total. The number of nitrogens with one attached hydrogen (secondary N) is 1. The molecule has 1 aromatic carbocycles. The van der Waals surface area contributed by atoms with Gasteiger partial charge in [-0.1, -0.05) is 6.42 Å². The van der Waals surface area contributed by atoms with E-state index in [1.807, 2.05) is 0 Å². The number of nitrogens with zero attached hydrogens (tertiary/aromatic N) is 1. The maximum Gasteiger partial charge on any atom is 0.251 e. The van der Waals surface area contributed by atoms with Crippen molar-refractivity contribution in [3.05, 3.63) is 35.6 Å². The molecule has 1 aliphatic heterocycles. The average Bonchev–Trinajstić information content (AvgIpc) is 2.45. The van der Waals surface area contributed by atoms with Crippen LogP contribution in [-0.2, 0) is 0 Å². The Morgan fingerprint density at radius 1 is 1.16 bits per heavy atom. The van der Waals surface area contributed by atoms with Crippen molar-refractivity contribution in [1.29, 1.82) is 0 Å². The first-order chi connectivity index (χ1) is 9.25. The number of hydrogen-bond acceptors (Lipinski definition) is 2. The predicted molar refractivity (Wildman–Crippen MR) is 73.6 cm³/mol. The van der Waals surface area contributed by atoms with Crippen molar-refractivity contribution < 1.29 is 9.18 Å². The van der Waals surface area contributed by atoms with E-state index < -0.39 is 0 Å². The van der Waals surface area contributed by atoms with Gasteiger partial charge >= 0.3 is 0 Å². The quantitative estimate of drug-likeness (QED) is 0.828. The molecule has 0 aliphatic carbocycles. The minimum Gasteiger partial charge on any atom is -0.352 e. The van der Waals surface area contributed by atoms with Gasteiger partial charge in [0, 0.05) is 12.1 Å². The molecule has 4 heteroatoms. The molecule has 1 heterocycles. The van der Waals surface area contributed by atoms with Crippen LogP contribution in [-0.4, -0.2) is 37.0 Å². The first-order valence-corrected chi connectivity index (χ1v) is 7.02. The zero-order valence-electron chi connectivity index (χ0n) is 11.2. The summed E-state index contributed by atoms with van der Waals surface area (Å²) in [5.41, 5.74) is 0.513. The van der Waals surface area contributed by atoms with Crippen LogP contribution in [0.3, 0.4) is 0 Å². The van der Waals surface area contributed by atoms with E-state index in [4.69, 9.17) is 0 Å². The zero-order valence-corrected chi connectivity index (χ0v) is 11.2. The van der Waals surface area contributed by atoms with Gasteiger partial charge in [-0.2, -0.15) is 0 Å². The summed E-state index contributed by atoms with van der Waals surface area (Å²) in [5, 5.41) is 2.87. The van der Waals surface area contributed by atoms with Gasteiger partial charge < -0.3 is 10.2 Å². The summed E-state index contributed by atoms with van der Waals surface area (Å²) in [6.45, 7) is 4.09. The van der Waals surface area contributed by atoms with Crippen molar-refractivity contribution in [3.63, 3.8) is 0 Å². The first-order valence-electron chi connectivity index (χ1n) is 7.02. The highest BCUT2D eigenvalue weighted by Gasteiger charge is 2.09. The Morgan fingerprint density at radius 3 is 2.53 bits per heavy atom. The Hall–Kier alpha value is -1.42. The van der Waals surface area contributed by atoms with Crippen molar-refractivity contribution in [2.24, 2.45) is 0 Å². The third-order valence-electron chi connectivity index (χ3n) is 3.49. The van der Waals surface area contributed by atoms with E-state index in [1.165, 1.54) is 56.6 Å². The van der Waals surface area contributed by atoms with E-state index in [1.54, 1.807) is 0 Å². The van der Waals surface area contributed by atoms with Crippen molar-refractivity contribution >= 4 is 5.91 Å². The second-order valence-electron chi connectivity index (χ2n) is 5.02. The molecule has 0 spiro atoms. The van der Waals surface area contributed by atoms with Crippen molar-refractivity contribution in [2.45, 2.75) is 25.7 Å². The summed E-state index contributed by atoms with van der Waals surface area (Å²) in [6.07, 6.45) is 4.90. The number of carbonyl (C=O) groups is 1. The highest BCUT2D eigenvalue weighted by atomic mass is 19.1. The van der Waals surface area contributed by atoms with Gasteiger partial charge in [-0.05, 0) is 63.2 Å². The molecule has 3 nitrogen and oxygen atoms in total. The molecule has 19 heavy (non-hydrogen) atoms. The van der Waals surface area contributed by atoms with Crippen LogP contribution in [0.15, 0.2) is 24.3 Å². The Kier molecular flexibility index (Phi) is 5.33. The number of hydrogen-bond donors (Lipinski definition) is 1. The number of halogens is 1. The van der Waals surface area contributed by atoms with Crippen LogP contribution in [0.5, 0.6) is 0 Å². The minimum absolute atomic E-state index is 0.126. The number of rotatable bonds is 5. The molecule has 0 atom stereocenters. The van der Waals surface area contributed by atoms with Crippen LogP contribution in [0.4, 0.5) is 4.39 Å². The van der Waals surface area contributed by atoms with E-state index in [0.29, 0.717) is 12.1 Å². The van der Waals surface area contributed by atoms with E-state index >= 15 is 0 Å². The SMILES string of the molecule is O=C(NCCCN1CCCCC1)c1ccc(F)cc1. The zero-order chi connectivity index (χ0) is 13.5. The monoisotopic (exact) mass is 264 g/mol. The minimum atomic E-state index is -0.318. The molecule has 0 bridgehead atoms. The molecular weight excluding hydrogens is 243 g/mol. The summed E-state index contributed by atoms with van der Waals surface area (Å²) in [4.78, 5) is 14.2. The number of benzene rings is 1. The summed E-state index contributed by atoms with van der Waals surface area (Å²) in [6, 6.07) is 5.63. The summed E-state index contributed by atoms with van der Waals surface area (Å²) < 4.78 is 12.7. The fourth-order valence-electron chi connectivity index (χ4n) is 2.39. The van der Waals surface area contributed by atoms with Crippen LogP contribution in [0.25, 0.3) is 0 Å². The molecule has 1 aliphatic rings. The largest absolute Gasteiger partial charge is 0.352 e. The molecule has 1 saturated heterocycles. The van der Waals surface area contributed by atoms with Gasteiger partial charge in [0.05, 0.1) is 0 Å². The molecule has 2 rings (SSSR count). The molecule has 1 amide bonds. The lowest BCUT2D eigenvalue weighted by atomic mass is 10.1. The van der Waals surface area contributed by atoms with E-state index in [9.17, 15) is 9.18 Å². The van der Waals surface area contributed by atoms with Gasteiger partial charge in [0.25, 0.3) is 5.91 Å². The molecule has 0 aromatic heterocycles. The molecular formula is C15H21FN2O. The molecule has 1 fully saturated rings. The third-order valence-corrected chi connectivity index (χ3v) is 3.49. The Labute approximate surface area is 113 Å². The smallest absolute Gasteiger partial charge is 0.251 e. The van der Waals surface area contributed by atoms with E-state index in [2.05, 4.69) is 10.2 Å². The lowest BCUT2D eigenvalue weighted by molar-refractivity contribution is 0.0951. The maximum atomic E-state index is 12.7. The summed E-state index contributed by atoms with van der Waals surface area (Å²) in [7, 11) is 0. The highest BCUT2D eigenvalue weighted by Crippen LogP contribution is 2.08. The van der Waals surface area contributed by atoms with Crippen molar-refractivity contribution in [1.82, 2.24) is 10.2 Å². The Bertz CT molecular complexity index is 399. The van der Waals surface area contributed by atoms with Crippen LogP contribution in [0.2, 0.25) is 0 Å². The normalized spacial score (nSPS) is 16.3. The Balaban J connectivity index is 1.64. The van der Waals surface area contributed by atoms with Crippen molar-refractivity contribution in [2.75, 3.05) is 26.2 Å². The van der Waals surface area contributed by atoms with Gasteiger partial charge in [0.2, 0.25) is 0 Å². The van der Waals surface area contributed by atoms with E-state index in [0.717, 1.165) is 13.0 Å². The van der Waals surface area contributed by atoms with Crippen LogP contribution >= 0.6 is 0 Å². The van der Waals surface area contributed by atoms with Crippen LogP contribution in [0.1, 0.15) is 36.0 Å². The Morgan fingerprint density at radius 2 is 1.84 bits per heavy atom. The molecule has 0 saturated carbocycles. The third kappa shape index (κ3) is 4.63. The van der Waals surface area contributed by atoms with Gasteiger partial charge in [0.15, 0.2) is 0 Å². The number of likely N-dealkylation sites (tertiary alicyclic amines) is 1. The number of carbonyl (C=O) groups excluding carboxylic acids is 1.